The maximum Gasteiger partial charge on any atom is 0.323 e. The van der Waals surface area contributed by atoms with Crippen LogP contribution in [0.3, 0.4) is 0 Å². The molecule has 1 amide bonds. The van der Waals surface area contributed by atoms with Crippen LogP contribution in [0.2, 0.25) is 0 Å². The first-order valence-corrected chi connectivity index (χ1v) is 8.62. The van der Waals surface area contributed by atoms with Crippen molar-refractivity contribution in [2.45, 2.75) is 39.2 Å². The predicted octanol–water partition coefficient (Wildman–Crippen LogP) is 3.59. The van der Waals surface area contributed by atoms with Gasteiger partial charge >= 0.3 is 5.69 Å². The van der Waals surface area contributed by atoms with E-state index in [1.165, 1.54) is 5.56 Å². The summed E-state index contributed by atoms with van der Waals surface area (Å²) in [5.41, 5.74) is 3.97. The zero-order valence-electron chi connectivity index (χ0n) is 15.4. The van der Waals surface area contributed by atoms with E-state index in [1.807, 2.05) is 19.1 Å². The highest BCUT2D eigenvalue weighted by atomic mass is 16.2. The van der Waals surface area contributed by atoms with Crippen LogP contribution in [0.5, 0.6) is 0 Å². The number of benzene rings is 2. The lowest BCUT2D eigenvalue weighted by Crippen LogP contribution is -2.31. The summed E-state index contributed by atoms with van der Waals surface area (Å²) >= 11 is 0. The molecule has 0 radical (unpaired) electrons. The maximum absolute atomic E-state index is 12.4. The molecule has 1 heterocycles. The average molecular weight is 352 g/mol. The van der Waals surface area contributed by atoms with Crippen LogP contribution in [-0.4, -0.2) is 21.9 Å². The molecule has 6 nitrogen and oxygen atoms in total. The Morgan fingerprint density at radius 1 is 0.962 bits per heavy atom. The smallest absolute Gasteiger partial charge is 0.323 e. The molecule has 136 valence electrons. The summed E-state index contributed by atoms with van der Waals surface area (Å²) in [4.78, 5) is 29.1. The Bertz CT molecular complexity index is 977. The highest BCUT2D eigenvalue weighted by molar-refractivity contribution is 5.97. The molecule has 0 saturated heterocycles. The van der Waals surface area contributed by atoms with Gasteiger partial charge in [0, 0.05) is 11.4 Å². The lowest BCUT2D eigenvalue weighted by molar-refractivity contribution is -0.116. The molecule has 0 aliphatic rings. The van der Waals surface area contributed by atoms with E-state index in [0.717, 1.165) is 5.69 Å². The second kappa shape index (κ2) is 6.71. The van der Waals surface area contributed by atoms with Crippen molar-refractivity contribution in [3.05, 3.63) is 58.5 Å². The lowest BCUT2D eigenvalue weighted by Gasteiger charge is -2.20. The second-order valence-corrected chi connectivity index (χ2v) is 7.52. The monoisotopic (exact) mass is 352 g/mol. The summed E-state index contributed by atoms with van der Waals surface area (Å²) < 4.78 is 0. The minimum absolute atomic E-state index is 0.0966. The number of aromatic nitrogens is 2. The van der Waals surface area contributed by atoms with E-state index in [9.17, 15) is 9.59 Å². The van der Waals surface area contributed by atoms with Gasteiger partial charge in [-0.15, -0.1) is 0 Å². The SMILES string of the molecule is C[C@@H](Nc1ccc(C(C)(C)C)cc1)C(=O)Nc1ccc2[nH]c(=O)[nH]c2c1. The fourth-order valence-corrected chi connectivity index (χ4v) is 2.74. The minimum Gasteiger partial charge on any atom is -0.374 e. The largest absolute Gasteiger partial charge is 0.374 e. The Balaban J connectivity index is 1.66. The van der Waals surface area contributed by atoms with Gasteiger partial charge in [-0.3, -0.25) is 4.79 Å². The van der Waals surface area contributed by atoms with E-state index in [0.29, 0.717) is 16.7 Å². The number of rotatable bonds is 4. The van der Waals surface area contributed by atoms with Crippen LogP contribution in [0.1, 0.15) is 33.3 Å². The Hall–Kier alpha value is -3.02. The number of imidazole rings is 1. The molecule has 0 spiro atoms. The molecule has 26 heavy (non-hydrogen) atoms. The second-order valence-electron chi connectivity index (χ2n) is 7.52. The molecule has 1 atom stereocenters. The first kappa shape index (κ1) is 17.8. The van der Waals surface area contributed by atoms with Crippen LogP contribution in [0, 0.1) is 0 Å². The maximum atomic E-state index is 12.4. The summed E-state index contributed by atoms with van der Waals surface area (Å²) in [5.74, 6) is -0.151. The first-order valence-electron chi connectivity index (χ1n) is 8.62. The van der Waals surface area contributed by atoms with Gasteiger partial charge in [0.05, 0.1) is 11.0 Å². The fourth-order valence-electron chi connectivity index (χ4n) is 2.74. The Morgan fingerprint density at radius 2 is 1.58 bits per heavy atom. The highest BCUT2D eigenvalue weighted by Crippen LogP contribution is 2.23. The molecule has 0 aliphatic heterocycles. The lowest BCUT2D eigenvalue weighted by atomic mass is 9.87. The average Bonchev–Trinajstić information content (AvgIpc) is 2.93. The van der Waals surface area contributed by atoms with E-state index < -0.39 is 6.04 Å². The zero-order valence-corrected chi connectivity index (χ0v) is 15.4. The van der Waals surface area contributed by atoms with Crippen LogP contribution in [0.15, 0.2) is 47.3 Å². The van der Waals surface area contributed by atoms with Crippen molar-refractivity contribution >= 4 is 28.3 Å². The van der Waals surface area contributed by atoms with Gasteiger partial charge in [0.15, 0.2) is 0 Å². The van der Waals surface area contributed by atoms with Crippen LogP contribution in [-0.2, 0) is 10.2 Å². The van der Waals surface area contributed by atoms with Crippen molar-refractivity contribution in [1.29, 1.82) is 0 Å². The summed E-state index contributed by atoms with van der Waals surface area (Å²) in [6.07, 6.45) is 0. The molecule has 2 aromatic carbocycles. The Kier molecular flexibility index (Phi) is 4.59. The van der Waals surface area contributed by atoms with Crippen molar-refractivity contribution in [3.8, 4) is 0 Å². The van der Waals surface area contributed by atoms with Gasteiger partial charge in [-0.2, -0.15) is 0 Å². The number of carbonyl (C=O) groups is 1. The molecule has 0 fully saturated rings. The summed E-state index contributed by atoms with van der Waals surface area (Å²) in [6, 6.07) is 13.0. The van der Waals surface area contributed by atoms with E-state index in [1.54, 1.807) is 18.2 Å². The van der Waals surface area contributed by atoms with E-state index >= 15 is 0 Å². The van der Waals surface area contributed by atoms with Crippen LogP contribution >= 0.6 is 0 Å². The number of hydrogen-bond donors (Lipinski definition) is 4. The number of fused-ring (bicyclic) bond motifs is 1. The summed E-state index contributed by atoms with van der Waals surface area (Å²) in [5, 5.41) is 6.07. The molecule has 4 N–H and O–H groups in total. The molecule has 3 aromatic rings. The first-order chi connectivity index (χ1) is 12.2. The van der Waals surface area contributed by atoms with Gasteiger partial charge in [-0.05, 0) is 48.2 Å². The Labute approximate surface area is 152 Å². The normalized spacial score (nSPS) is 12.8. The number of aromatic amines is 2. The van der Waals surface area contributed by atoms with E-state index in [-0.39, 0.29) is 17.0 Å². The van der Waals surface area contributed by atoms with E-state index in [2.05, 4.69) is 53.5 Å². The van der Waals surface area contributed by atoms with Gasteiger partial charge in [0.1, 0.15) is 6.04 Å². The third-order valence-electron chi connectivity index (χ3n) is 4.31. The minimum atomic E-state index is -0.406. The molecule has 0 saturated carbocycles. The molecule has 0 aliphatic carbocycles. The van der Waals surface area contributed by atoms with Gasteiger partial charge < -0.3 is 20.6 Å². The van der Waals surface area contributed by atoms with Crippen LogP contribution in [0.25, 0.3) is 11.0 Å². The molecule has 6 heteroatoms. The van der Waals surface area contributed by atoms with Gasteiger partial charge in [0.25, 0.3) is 0 Å². The van der Waals surface area contributed by atoms with E-state index in [4.69, 9.17) is 0 Å². The highest BCUT2D eigenvalue weighted by Gasteiger charge is 2.15. The van der Waals surface area contributed by atoms with Crippen molar-refractivity contribution in [2.75, 3.05) is 10.6 Å². The third kappa shape index (κ3) is 3.96. The van der Waals surface area contributed by atoms with Crippen molar-refractivity contribution in [2.24, 2.45) is 0 Å². The molecule has 0 bridgehead atoms. The quantitative estimate of drug-likeness (QED) is 0.578. The Morgan fingerprint density at radius 3 is 2.23 bits per heavy atom. The molecular formula is C20H24N4O2. The molecule has 0 unspecified atom stereocenters. The molecular weight excluding hydrogens is 328 g/mol. The van der Waals surface area contributed by atoms with Crippen LogP contribution < -0.4 is 16.3 Å². The third-order valence-corrected chi connectivity index (χ3v) is 4.31. The van der Waals surface area contributed by atoms with Crippen LogP contribution in [0.4, 0.5) is 11.4 Å². The van der Waals surface area contributed by atoms with Crippen molar-refractivity contribution < 1.29 is 4.79 Å². The molecule has 1 aromatic heterocycles. The van der Waals surface area contributed by atoms with Gasteiger partial charge in [-0.25, -0.2) is 4.79 Å². The number of hydrogen-bond acceptors (Lipinski definition) is 3. The summed E-state index contributed by atoms with van der Waals surface area (Å²) in [7, 11) is 0. The van der Waals surface area contributed by atoms with Crippen molar-refractivity contribution in [3.63, 3.8) is 0 Å². The molecule has 3 rings (SSSR count). The standard InChI is InChI=1S/C20H24N4O2/c1-12(21-14-7-5-13(6-8-14)20(2,3)4)18(25)22-15-9-10-16-17(11-15)24-19(26)23-16/h5-12,21H,1-4H3,(H,22,25)(H2,23,24,26)/t12-/m1/s1. The summed E-state index contributed by atoms with van der Waals surface area (Å²) in [6.45, 7) is 8.31. The number of H-pyrrole nitrogens is 2. The topological polar surface area (TPSA) is 89.8 Å². The van der Waals surface area contributed by atoms with Crippen molar-refractivity contribution in [1.82, 2.24) is 9.97 Å². The number of nitrogens with one attached hydrogen (secondary N) is 4. The number of carbonyl (C=O) groups excluding carboxylic acids is 1. The van der Waals surface area contributed by atoms with Gasteiger partial charge in [-0.1, -0.05) is 32.9 Å². The zero-order chi connectivity index (χ0) is 18.9. The fraction of sp³-hybridized carbons (Fsp3) is 0.300. The number of amides is 1. The predicted molar refractivity (Wildman–Crippen MR) is 106 cm³/mol. The van der Waals surface area contributed by atoms with Gasteiger partial charge in [0.2, 0.25) is 5.91 Å². The number of anilines is 2.